The van der Waals surface area contributed by atoms with Crippen LogP contribution in [0.4, 0.5) is 11.4 Å². The highest BCUT2D eigenvalue weighted by molar-refractivity contribution is 6.28. The van der Waals surface area contributed by atoms with E-state index in [0.29, 0.717) is 5.56 Å². The summed E-state index contributed by atoms with van der Waals surface area (Å²) in [5, 5.41) is 21.5. The van der Waals surface area contributed by atoms with Gasteiger partial charge >= 0.3 is 17.3 Å². The molecule has 0 atom stereocenters. The van der Waals surface area contributed by atoms with Gasteiger partial charge in [0.05, 0.1) is 9.85 Å². The molecule has 108 valence electrons. The fraction of sp³-hybridized carbons (Fsp3) is 0.0909. The average molecular weight is 311 g/mol. The molecule has 21 heavy (non-hydrogen) atoms. The second kappa shape index (κ2) is 5.67. The van der Waals surface area contributed by atoms with Crippen molar-refractivity contribution < 1.29 is 14.6 Å². The number of halogens is 1. The summed E-state index contributed by atoms with van der Waals surface area (Å²) >= 11 is 5.56. The van der Waals surface area contributed by atoms with Crippen molar-refractivity contribution in [2.75, 3.05) is 0 Å². The summed E-state index contributed by atoms with van der Waals surface area (Å²) < 4.78 is 5.21. The third-order valence-corrected chi connectivity index (χ3v) is 2.60. The minimum atomic E-state index is -0.771. The molecule has 0 aliphatic heterocycles. The van der Waals surface area contributed by atoms with Crippen LogP contribution in [-0.2, 0) is 0 Å². The second-order valence-electron chi connectivity index (χ2n) is 3.92. The maximum atomic E-state index is 10.9. The van der Waals surface area contributed by atoms with Gasteiger partial charge in [-0.15, -0.1) is 0 Å². The lowest BCUT2D eigenvalue weighted by atomic mass is 10.2. The van der Waals surface area contributed by atoms with E-state index in [0.717, 1.165) is 6.20 Å². The molecule has 10 heteroatoms. The number of aryl methyl sites for hydroxylation is 1. The van der Waals surface area contributed by atoms with Crippen LogP contribution in [0, 0.1) is 27.2 Å². The van der Waals surface area contributed by atoms with Crippen molar-refractivity contribution in [3.63, 3.8) is 0 Å². The molecule has 0 saturated heterocycles. The number of rotatable bonds is 4. The quantitative estimate of drug-likeness (QED) is 0.483. The standard InChI is InChI=1S/C11H7ClN4O5/c1-6-2-3-7(15(17)18)9(4-6)21-10-8(16(19)20)5-13-11(12)14-10/h2-5H,1H3. The maximum absolute atomic E-state index is 10.9. The van der Waals surface area contributed by atoms with E-state index in [4.69, 9.17) is 16.3 Å². The van der Waals surface area contributed by atoms with Gasteiger partial charge in [0.25, 0.3) is 0 Å². The average Bonchev–Trinajstić information content (AvgIpc) is 2.38. The fourth-order valence-electron chi connectivity index (χ4n) is 1.50. The van der Waals surface area contributed by atoms with Crippen molar-refractivity contribution >= 4 is 23.0 Å². The molecule has 0 aliphatic carbocycles. The summed E-state index contributed by atoms with van der Waals surface area (Å²) in [5.74, 6) is -0.633. The lowest BCUT2D eigenvalue weighted by molar-refractivity contribution is -0.387. The molecule has 1 heterocycles. The molecule has 1 aromatic carbocycles. The fourth-order valence-corrected chi connectivity index (χ4v) is 1.62. The Morgan fingerprint density at radius 3 is 2.48 bits per heavy atom. The van der Waals surface area contributed by atoms with Crippen molar-refractivity contribution in [2.24, 2.45) is 0 Å². The number of hydrogen-bond acceptors (Lipinski definition) is 7. The van der Waals surface area contributed by atoms with Gasteiger partial charge < -0.3 is 4.74 Å². The Balaban J connectivity index is 2.52. The van der Waals surface area contributed by atoms with Crippen molar-refractivity contribution in [1.82, 2.24) is 9.97 Å². The molecule has 1 aromatic heterocycles. The molecule has 0 unspecified atom stereocenters. The molecule has 0 fully saturated rings. The van der Waals surface area contributed by atoms with Crippen LogP contribution in [0.2, 0.25) is 5.28 Å². The smallest absolute Gasteiger partial charge is 0.349 e. The van der Waals surface area contributed by atoms with Crippen LogP contribution in [0.25, 0.3) is 0 Å². The molecule has 0 amide bonds. The molecular formula is C11H7ClN4O5. The summed E-state index contributed by atoms with van der Waals surface area (Å²) in [6.45, 7) is 1.69. The number of nitrogens with zero attached hydrogens (tertiary/aromatic N) is 4. The first-order chi connectivity index (χ1) is 9.88. The van der Waals surface area contributed by atoms with Crippen LogP contribution in [0.1, 0.15) is 5.56 Å². The molecule has 2 rings (SSSR count). The number of nitro benzene ring substituents is 1. The zero-order valence-electron chi connectivity index (χ0n) is 10.5. The summed E-state index contributed by atoms with van der Waals surface area (Å²) in [4.78, 5) is 27.4. The lowest BCUT2D eigenvalue weighted by Gasteiger charge is -2.06. The lowest BCUT2D eigenvalue weighted by Crippen LogP contribution is -2.00. The highest BCUT2D eigenvalue weighted by Crippen LogP contribution is 2.35. The van der Waals surface area contributed by atoms with Crippen LogP contribution in [0.5, 0.6) is 11.6 Å². The van der Waals surface area contributed by atoms with Gasteiger partial charge in [-0.05, 0) is 30.2 Å². The Hall–Kier alpha value is -2.81. The summed E-state index contributed by atoms with van der Waals surface area (Å²) in [6.07, 6.45) is 0.867. The molecule has 0 N–H and O–H groups in total. The van der Waals surface area contributed by atoms with Crippen LogP contribution in [-0.4, -0.2) is 19.8 Å². The number of benzene rings is 1. The number of hydrogen-bond donors (Lipinski definition) is 0. The van der Waals surface area contributed by atoms with Crippen LogP contribution in [0.3, 0.4) is 0 Å². The normalized spacial score (nSPS) is 10.2. The van der Waals surface area contributed by atoms with Crippen molar-refractivity contribution in [2.45, 2.75) is 6.92 Å². The summed E-state index contributed by atoms with van der Waals surface area (Å²) in [5.41, 5.74) is -0.210. The number of aromatic nitrogens is 2. The van der Waals surface area contributed by atoms with E-state index in [1.54, 1.807) is 6.92 Å². The van der Waals surface area contributed by atoms with Crippen molar-refractivity contribution in [3.8, 4) is 11.6 Å². The topological polar surface area (TPSA) is 121 Å². The number of nitro groups is 2. The molecule has 9 nitrogen and oxygen atoms in total. The predicted molar refractivity (Wildman–Crippen MR) is 71.6 cm³/mol. The third kappa shape index (κ3) is 3.20. The monoisotopic (exact) mass is 310 g/mol. The SMILES string of the molecule is Cc1ccc([N+](=O)[O-])c(Oc2nc(Cl)ncc2[N+](=O)[O-])c1. The van der Waals surface area contributed by atoms with Gasteiger partial charge in [0.1, 0.15) is 6.20 Å². The van der Waals surface area contributed by atoms with E-state index < -0.39 is 21.4 Å². The van der Waals surface area contributed by atoms with Crippen LogP contribution >= 0.6 is 11.6 Å². The number of ether oxygens (including phenoxy) is 1. The van der Waals surface area contributed by atoms with Crippen molar-refractivity contribution in [3.05, 3.63) is 55.5 Å². The maximum Gasteiger partial charge on any atom is 0.349 e. The van der Waals surface area contributed by atoms with E-state index in [1.165, 1.54) is 18.2 Å². The van der Waals surface area contributed by atoms with Crippen LogP contribution < -0.4 is 4.74 Å². The molecule has 0 spiro atoms. The summed E-state index contributed by atoms with van der Waals surface area (Å²) in [6, 6.07) is 4.13. The van der Waals surface area contributed by atoms with Gasteiger partial charge in [0.15, 0.2) is 0 Å². The zero-order chi connectivity index (χ0) is 15.6. The van der Waals surface area contributed by atoms with E-state index in [9.17, 15) is 20.2 Å². The first-order valence-electron chi connectivity index (χ1n) is 5.48. The van der Waals surface area contributed by atoms with E-state index >= 15 is 0 Å². The third-order valence-electron chi connectivity index (χ3n) is 2.42. The molecule has 0 aliphatic rings. The van der Waals surface area contributed by atoms with Gasteiger partial charge in [0, 0.05) is 6.07 Å². The molecule has 0 saturated carbocycles. The zero-order valence-corrected chi connectivity index (χ0v) is 11.3. The minimum Gasteiger partial charge on any atom is -0.426 e. The Bertz CT molecular complexity index is 675. The Labute approximate surface area is 122 Å². The van der Waals surface area contributed by atoms with E-state index in [-0.39, 0.29) is 16.7 Å². The highest BCUT2D eigenvalue weighted by atomic mass is 35.5. The Morgan fingerprint density at radius 1 is 1.19 bits per heavy atom. The second-order valence-corrected chi connectivity index (χ2v) is 4.25. The Kier molecular flexibility index (Phi) is 3.94. The van der Waals surface area contributed by atoms with E-state index in [2.05, 4.69) is 9.97 Å². The first-order valence-corrected chi connectivity index (χ1v) is 5.86. The van der Waals surface area contributed by atoms with Gasteiger partial charge in [-0.1, -0.05) is 6.07 Å². The van der Waals surface area contributed by atoms with Gasteiger partial charge in [-0.3, -0.25) is 20.2 Å². The van der Waals surface area contributed by atoms with Gasteiger partial charge in [-0.25, -0.2) is 4.98 Å². The highest BCUT2D eigenvalue weighted by Gasteiger charge is 2.23. The van der Waals surface area contributed by atoms with E-state index in [1.807, 2.05) is 0 Å². The molecule has 2 aromatic rings. The van der Waals surface area contributed by atoms with Gasteiger partial charge in [0.2, 0.25) is 11.0 Å². The molecular weight excluding hydrogens is 304 g/mol. The van der Waals surface area contributed by atoms with Gasteiger partial charge in [-0.2, -0.15) is 4.98 Å². The largest absolute Gasteiger partial charge is 0.426 e. The van der Waals surface area contributed by atoms with Crippen LogP contribution in [0.15, 0.2) is 24.4 Å². The minimum absolute atomic E-state index is 0.169. The summed E-state index contributed by atoms with van der Waals surface area (Å²) in [7, 11) is 0. The Morgan fingerprint density at radius 2 is 1.86 bits per heavy atom. The van der Waals surface area contributed by atoms with Crippen molar-refractivity contribution in [1.29, 1.82) is 0 Å². The predicted octanol–water partition coefficient (Wildman–Crippen LogP) is 3.05. The molecule has 0 bridgehead atoms. The molecule has 0 radical (unpaired) electrons. The first kappa shape index (κ1) is 14.6.